The summed E-state index contributed by atoms with van der Waals surface area (Å²) in [4.78, 5) is 20.6. The smallest absolute Gasteiger partial charge is 0.253 e. The van der Waals surface area contributed by atoms with Crippen molar-refractivity contribution >= 4 is 28.5 Å². The van der Waals surface area contributed by atoms with E-state index in [-0.39, 0.29) is 11.9 Å². The first-order valence-corrected chi connectivity index (χ1v) is 6.82. The number of aromatic nitrogens is 2. The summed E-state index contributed by atoms with van der Waals surface area (Å²) in [6, 6.07) is 5.52. The number of alkyl halides is 1. The monoisotopic (exact) mass is 277 g/mol. The fraction of sp³-hybridized carbons (Fsp3) is 0.357. The normalized spacial score (nSPS) is 12.3. The molecule has 19 heavy (non-hydrogen) atoms. The van der Waals surface area contributed by atoms with Gasteiger partial charge < -0.3 is 5.32 Å². The second kappa shape index (κ2) is 6.48. The Kier molecular flexibility index (Phi) is 4.68. The predicted octanol–water partition coefficient (Wildman–Crippen LogP) is 2.77. The van der Waals surface area contributed by atoms with Crippen molar-refractivity contribution in [2.45, 2.75) is 25.8 Å². The fourth-order valence-corrected chi connectivity index (χ4v) is 2.09. The minimum Gasteiger partial charge on any atom is -0.350 e. The molecule has 100 valence electrons. The number of halogens is 1. The molecular formula is C14H16ClN3O. The van der Waals surface area contributed by atoms with Crippen molar-refractivity contribution in [3.8, 4) is 0 Å². The first-order chi connectivity index (χ1) is 9.22. The Morgan fingerprint density at radius 3 is 2.95 bits per heavy atom. The molecule has 1 aromatic heterocycles. The summed E-state index contributed by atoms with van der Waals surface area (Å²) in [6.45, 7) is 1.97. The number of para-hydroxylation sites is 1. The van der Waals surface area contributed by atoms with Gasteiger partial charge in [-0.25, -0.2) is 0 Å². The molecule has 0 fully saturated rings. The van der Waals surface area contributed by atoms with E-state index in [1.165, 1.54) is 0 Å². The molecule has 0 bridgehead atoms. The molecule has 2 rings (SSSR count). The Labute approximate surface area is 117 Å². The Hall–Kier alpha value is -1.68. The zero-order valence-electron chi connectivity index (χ0n) is 10.8. The number of hydrogen-bond donors (Lipinski definition) is 1. The third-order valence-corrected chi connectivity index (χ3v) is 3.16. The Balaban J connectivity index is 2.17. The summed E-state index contributed by atoms with van der Waals surface area (Å²) in [6.07, 6.45) is 4.97. The fourth-order valence-electron chi connectivity index (χ4n) is 1.93. The van der Waals surface area contributed by atoms with E-state index in [4.69, 9.17) is 11.6 Å². The minimum atomic E-state index is -0.117. The standard InChI is InChI=1S/C14H16ClN3O/c1-10(4-3-7-15)18-14(19)11-5-2-6-12-13(11)17-9-8-16-12/h2,5-6,8-10H,3-4,7H2,1H3,(H,18,19). The van der Waals surface area contributed by atoms with Crippen LogP contribution in [0.5, 0.6) is 0 Å². The molecule has 1 unspecified atom stereocenters. The highest BCUT2D eigenvalue weighted by Gasteiger charge is 2.13. The molecule has 2 aromatic rings. The number of hydrogen-bond acceptors (Lipinski definition) is 3. The van der Waals surface area contributed by atoms with Gasteiger partial charge in [-0.2, -0.15) is 0 Å². The van der Waals surface area contributed by atoms with E-state index in [1.807, 2.05) is 19.1 Å². The van der Waals surface area contributed by atoms with Crippen molar-refractivity contribution in [2.75, 3.05) is 5.88 Å². The van der Waals surface area contributed by atoms with Crippen LogP contribution in [-0.2, 0) is 0 Å². The quantitative estimate of drug-likeness (QED) is 0.855. The highest BCUT2D eigenvalue weighted by Crippen LogP contribution is 2.14. The van der Waals surface area contributed by atoms with Crippen LogP contribution in [0.1, 0.15) is 30.1 Å². The van der Waals surface area contributed by atoms with Gasteiger partial charge in [0.05, 0.1) is 11.1 Å². The van der Waals surface area contributed by atoms with Gasteiger partial charge in [0.15, 0.2) is 0 Å². The van der Waals surface area contributed by atoms with Crippen molar-refractivity contribution in [2.24, 2.45) is 0 Å². The third-order valence-electron chi connectivity index (χ3n) is 2.89. The molecule has 0 aliphatic rings. The largest absolute Gasteiger partial charge is 0.350 e. The molecule has 1 aromatic carbocycles. The summed E-state index contributed by atoms with van der Waals surface area (Å²) < 4.78 is 0. The first kappa shape index (κ1) is 13.7. The molecule has 0 radical (unpaired) electrons. The average molecular weight is 278 g/mol. The average Bonchev–Trinajstić information content (AvgIpc) is 2.44. The van der Waals surface area contributed by atoms with Gasteiger partial charge in [0.2, 0.25) is 0 Å². The summed E-state index contributed by atoms with van der Waals surface area (Å²) in [5, 5.41) is 2.96. The van der Waals surface area contributed by atoms with E-state index in [0.717, 1.165) is 18.4 Å². The van der Waals surface area contributed by atoms with Crippen molar-refractivity contribution in [1.29, 1.82) is 0 Å². The van der Waals surface area contributed by atoms with Crippen LogP contribution in [-0.4, -0.2) is 27.8 Å². The highest BCUT2D eigenvalue weighted by molar-refractivity contribution is 6.17. The molecule has 0 saturated heterocycles. The number of carbonyl (C=O) groups excluding carboxylic acids is 1. The first-order valence-electron chi connectivity index (χ1n) is 6.29. The van der Waals surface area contributed by atoms with Gasteiger partial charge in [-0.05, 0) is 31.9 Å². The second-order valence-corrected chi connectivity index (χ2v) is 4.81. The van der Waals surface area contributed by atoms with E-state index in [1.54, 1.807) is 18.5 Å². The molecule has 0 aliphatic heterocycles. The molecule has 0 aliphatic carbocycles. The maximum atomic E-state index is 12.2. The number of amides is 1. The van der Waals surface area contributed by atoms with Gasteiger partial charge in [-0.1, -0.05) is 6.07 Å². The highest BCUT2D eigenvalue weighted by atomic mass is 35.5. The van der Waals surface area contributed by atoms with Crippen LogP contribution in [0.2, 0.25) is 0 Å². The predicted molar refractivity (Wildman–Crippen MR) is 76.4 cm³/mol. The van der Waals surface area contributed by atoms with Crippen LogP contribution in [0.3, 0.4) is 0 Å². The lowest BCUT2D eigenvalue weighted by Crippen LogP contribution is -2.32. The lowest BCUT2D eigenvalue weighted by molar-refractivity contribution is 0.0940. The van der Waals surface area contributed by atoms with E-state index in [9.17, 15) is 4.79 Å². The van der Waals surface area contributed by atoms with Crippen LogP contribution in [0.4, 0.5) is 0 Å². The zero-order valence-corrected chi connectivity index (χ0v) is 11.5. The third kappa shape index (κ3) is 3.41. The van der Waals surface area contributed by atoms with E-state index < -0.39 is 0 Å². The van der Waals surface area contributed by atoms with Crippen LogP contribution >= 0.6 is 11.6 Å². The summed E-state index contributed by atoms with van der Waals surface area (Å²) in [5.41, 5.74) is 1.92. The summed E-state index contributed by atoms with van der Waals surface area (Å²) >= 11 is 5.65. The number of benzene rings is 1. The van der Waals surface area contributed by atoms with E-state index >= 15 is 0 Å². The lowest BCUT2D eigenvalue weighted by atomic mass is 10.1. The molecule has 1 N–H and O–H groups in total. The number of fused-ring (bicyclic) bond motifs is 1. The van der Waals surface area contributed by atoms with Crippen LogP contribution in [0.15, 0.2) is 30.6 Å². The Morgan fingerprint density at radius 2 is 2.16 bits per heavy atom. The van der Waals surface area contributed by atoms with Crippen LogP contribution in [0, 0.1) is 0 Å². The van der Waals surface area contributed by atoms with Gasteiger partial charge in [0.1, 0.15) is 5.52 Å². The van der Waals surface area contributed by atoms with Crippen LogP contribution in [0.25, 0.3) is 11.0 Å². The topological polar surface area (TPSA) is 54.9 Å². The lowest BCUT2D eigenvalue weighted by Gasteiger charge is -2.13. The van der Waals surface area contributed by atoms with Gasteiger partial charge in [-0.3, -0.25) is 14.8 Å². The molecular weight excluding hydrogens is 262 g/mol. The van der Waals surface area contributed by atoms with Crippen molar-refractivity contribution in [3.63, 3.8) is 0 Å². The molecule has 1 heterocycles. The SMILES string of the molecule is CC(CCCCl)NC(=O)c1cccc2nccnc12. The molecule has 4 nitrogen and oxygen atoms in total. The Bertz CT molecular complexity index is 568. The van der Waals surface area contributed by atoms with Gasteiger partial charge in [-0.15, -0.1) is 11.6 Å². The Morgan fingerprint density at radius 1 is 1.37 bits per heavy atom. The minimum absolute atomic E-state index is 0.0955. The number of rotatable bonds is 5. The molecule has 5 heteroatoms. The maximum Gasteiger partial charge on any atom is 0.253 e. The molecule has 0 spiro atoms. The molecule has 1 amide bonds. The summed E-state index contributed by atoms with van der Waals surface area (Å²) in [7, 11) is 0. The van der Waals surface area contributed by atoms with Gasteiger partial charge in [0, 0.05) is 24.3 Å². The van der Waals surface area contributed by atoms with Gasteiger partial charge >= 0.3 is 0 Å². The molecule has 0 saturated carbocycles. The maximum absolute atomic E-state index is 12.2. The second-order valence-electron chi connectivity index (χ2n) is 4.44. The van der Waals surface area contributed by atoms with E-state index in [0.29, 0.717) is 17.0 Å². The van der Waals surface area contributed by atoms with Crippen molar-refractivity contribution in [1.82, 2.24) is 15.3 Å². The van der Waals surface area contributed by atoms with Crippen LogP contribution < -0.4 is 5.32 Å². The molecule has 1 atom stereocenters. The number of nitrogens with one attached hydrogen (secondary N) is 1. The number of carbonyl (C=O) groups is 1. The van der Waals surface area contributed by atoms with Crippen molar-refractivity contribution in [3.05, 3.63) is 36.2 Å². The number of nitrogens with zero attached hydrogens (tertiary/aromatic N) is 2. The van der Waals surface area contributed by atoms with Gasteiger partial charge in [0.25, 0.3) is 5.91 Å². The van der Waals surface area contributed by atoms with E-state index in [2.05, 4.69) is 15.3 Å². The summed E-state index contributed by atoms with van der Waals surface area (Å²) in [5.74, 6) is 0.494. The zero-order chi connectivity index (χ0) is 13.7. The van der Waals surface area contributed by atoms with Crippen molar-refractivity contribution < 1.29 is 4.79 Å².